The third kappa shape index (κ3) is 7.14. The second kappa shape index (κ2) is 16.0. The molecule has 3 aliphatic heterocycles. The Hall–Kier alpha value is -3.51. The molecule has 0 aromatic heterocycles. The van der Waals surface area contributed by atoms with Gasteiger partial charge in [-0.25, -0.2) is 0 Å². The molecule has 2 bridgehead atoms. The molecule has 3 saturated heterocycles. The van der Waals surface area contributed by atoms with Crippen LogP contribution in [0.2, 0.25) is 5.02 Å². The van der Waals surface area contributed by atoms with E-state index in [2.05, 4.69) is 29.1 Å². The van der Waals surface area contributed by atoms with Crippen LogP contribution in [0.1, 0.15) is 51.7 Å². The van der Waals surface area contributed by atoms with E-state index < -0.39 is 72.2 Å². The summed E-state index contributed by atoms with van der Waals surface area (Å²) < 4.78 is 13.1. The number of amides is 3. The first-order valence-electron chi connectivity index (χ1n) is 17.4. The predicted molar refractivity (Wildman–Crippen MR) is 199 cm³/mol. The van der Waals surface area contributed by atoms with Crippen molar-refractivity contribution in [3.63, 3.8) is 0 Å². The Morgan fingerprint density at radius 3 is 2.37 bits per heavy atom. The number of fused-ring (bicyclic) bond motifs is 1. The van der Waals surface area contributed by atoms with Crippen molar-refractivity contribution in [1.82, 2.24) is 9.80 Å². The van der Waals surface area contributed by atoms with Crippen LogP contribution in [0.25, 0.3) is 0 Å². The topological polar surface area (TPSA) is 117 Å². The number of allylic oxidation sites excluding steroid dienone is 1. The van der Waals surface area contributed by atoms with Crippen molar-refractivity contribution in [3.05, 3.63) is 90.5 Å². The monoisotopic (exact) mass is 783 g/mol. The molecule has 3 amide bonds. The minimum atomic E-state index is -1.39. The molecule has 10 nitrogen and oxygen atoms in total. The molecule has 9 atom stereocenters. The number of ether oxygens (including phenoxy) is 2. The van der Waals surface area contributed by atoms with Gasteiger partial charge < -0.3 is 29.3 Å². The van der Waals surface area contributed by atoms with Crippen molar-refractivity contribution in [3.8, 4) is 0 Å². The van der Waals surface area contributed by atoms with E-state index in [1.165, 1.54) is 9.80 Å². The van der Waals surface area contributed by atoms with Gasteiger partial charge in [0.1, 0.15) is 17.7 Å². The lowest BCUT2D eigenvalue weighted by molar-refractivity contribution is -0.165. The number of benzene rings is 2. The van der Waals surface area contributed by atoms with Crippen LogP contribution >= 0.6 is 27.5 Å². The lowest BCUT2D eigenvalue weighted by Crippen LogP contribution is -2.60. The number of aliphatic hydroxyl groups is 1. The molecule has 12 heteroatoms. The molecule has 1 unspecified atom stereocenters. The number of aliphatic hydroxyl groups excluding tert-OH is 1. The van der Waals surface area contributed by atoms with Crippen molar-refractivity contribution in [2.45, 2.75) is 80.8 Å². The SMILES string of the molecule is C=CCCC(=O)N(C)[C@@H](C)[C@@H](OC(=O)[C@@H]1[C@H]2O[C@@]3(CC2Br)[C@H](C(=O)N(CC=C)c2ccc(Cl)cc2)N([C@@H](CO)C(C)C)C(=O)[C@@H]13)c1ccccc1. The van der Waals surface area contributed by atoms with E-state index in [9.17, 15) is 24.3 Å². The first kappa shape index (κ1) is 38.7. The van der Waals surface area contributed by atoms with Crippen molar-refractivity contribution in [1.29, 1.82) is 0 Å². The number of carbonyl (C=O) groups excluding carboxylic acids is 4. The fourth-order valence-corrected chi connectivity index (χ4v) is 9.01. The van der Waals surface area contributed by atoms with Gasteiger partial charge in [-0.1, -0.05) is 83.9 Å². The van der Waals surface area contributed by atoms with E-state index in [1.54, 1.807) is 48.4 Å². The Morgan fingerprint density at radius 2 is 1.78 bits per heavy atom. The molecule has 0 aliphatic carbocycles. The van der Waals surface area contributed by atoms with E-state index in [1.807, 2.05) is 51.1 Å². The van der Waals surface area contributed by atoms with Crippen LogP contribution in [0.5, 0.6) is 0 Å². The number of rotatable bonds is 15. The molecule has 5 rings (SSSR count). The summed E-state index contributed by atoms with van der Waals surface area (Å²) in [4.78, 5) is 61.5. The van der Waals surface area contributed by atoms with Crippen LogP contribution in [-0.4, -0.2) is 93.5 Å². The summed E-state index contributed by atoms with van der Waals surface area (Å²) in [6.07, 6.45) is 2.70. The molecule has 274 valence electrons. The van der Waals surface area contributed by atoms with Crippen LogP contribution in [0.15, 0.2) is 79.9 Å². The third-order valence-electron chi connectivity index (χ3n) is 10.6. The summed E-state index contributed by atoms with van der Waals surface area (Å²) >= 11 is 9.91. The summed E-state index contributed by atoms with van der Waals surface area (Å²) in [5, 5.41) is 11.1. The Labute approximate surface area is 313 Å². The number of hydrogen-bond acceptors (Lipinski definition) is 7. The summed E-state index contributed by atoms with van der Waals surface area (Å²) in [7, 11) is 1.68. The number of esters is 1. The van der Waals surface area contributed by atoms with Crippen LogP contribution in [-0.2, 0) is 28.7 Å². The van der Waals surface area contributed by atoms with Gasteiger partial charge in [0.25, 0.3) is 5.91 Å². The van der Waals surface area contributed by atoms with Crippen LogP contribution in [0, 0.1) is 17.8 Å². The quantitative estimate of drug-likeness (QED) is 0.140. The highest BCUT2D eigenvalue weighted by molar-refractivity contribution is 9.09. The van der Waals surface area contributed by atoms with Crippen molar-refractivity contribution < 1.29 is 33.8 Å². The molecule has 0 radical (unpaired) electrons. The first-order valence-corrected chi connectivity index (χ1v) is 18.7. The maximum atomic E-state index is 14.9. The molecule has 3 heterocycles. The summed E-state index contributed by atoms with van der Waals surface area (Å²) in [5.74, 6) is -3.99. The molecule has 51 heavy (non-hydrogen) atoms. The fraction of sp³-hybridized carbons (Fsp3) is 0.487. The molecule has 3 fully saturated rings. The Kier molecular flexibility index (Phi) is 12.2. The zero-order valence-corrected chi connectivity index (χ0v) is 31.8. The molecular formula is C39H47BrClN3O7. The molecular weight excluding hydrogens is 738 g/mol. The first-order chi connectivity index (χ1) is 24.3. The molecule has 3 aliphatic rings. The standard InChI is InChI=1S/C39H47BrClN3O7/c1-7-9-15-30(46)42(6)24(5)33(25-13-11-10-12-14-25)50-38(49)31-32-36(47)44(29(22-45)23(3)4)35(39(32)21-28(40)34(31)51-39)37(48)43(20-8-2)27-18-16-26(41)17-19-27/h7-8,10-14,16-19,23-24,28-29,31-35,45H,1-2,9,15,20-22H2,3-6H3/t24-,28?,29-,31-,32+,33+,34-,35-,39+/m0/s1. The molecule has 1 spiro atoms. The molecule has 1 N–H and O–H groups in total. The largest absolute Gasteiger partial charge is 0.455 e. The zero-order chi connectivity index (χ0) is 37.2. The van der Waals surface area contributed by atoms with E-state index in [4.69, 9.17) is 21.1 Å². The molecule has 2 aromatic rings. The maximum Gasteiger partial charge on any atom is 0.313 e. The Morgan fingerprint density at radius 1 is 1.12 bits per heavy atom. The van der Waals surface area contributed by atoms with E-state index >= 15 is 0 Å². The Balaban J connectivity index is 1.56. The van der Waals surface area contributed by atoms with Gasteiger partial charge in [0.2, 0.25) is 11.8 Å². The number of anilines is 1. The number of likely N-dealkylation sites (tertiary alicyclic amines) is 1. The lowest BCUT2D eigenvalue weighted by atomic mass is 9.70. The highest BCUT2D eigenvalue weighted by Crippen LogP contribution is 2.61. The molecule has 2 aromatic carbocycles. The number of likely N-dealkylation sites (N-methyl/N-ethyl adjacent to an activating group) is 1. The number of hydrogen-bond donors (Lipinski definition) is 1. The summed E-state index contributed by atoms with van der Waals surface area (Å²) in [6, 6.07) is 13.5. The number of alkyl halides is 1. The average Bonchev–Trinajstić information content (AvgIpc) is 3.71. The van der Waals surface area contributed by atoms with Crippen LogP contribution in [0.4, 0.5) is 5.69 Å². The summed E-state index contributed by atoms with van der Waals surface area (Å²) in [6.45, 7) is 12.9. The van der Waals surface area contributed by atoms with Crippen LogP contribution < -0.4 is 4.90 Å². The number of halogens is 2. The minimum Gasteiger partial charge on any atom is -0.455 e. The van der Waals surface area contributed by atoms with Crippen molar-refractivity contribution >= 4 is 56.9 Å². The number of carbonyl (C=O) groups is 4. The maximum absolute atomic E-state index is 14.9. The van der Waals surface area contributed by atoms with Gasteiger partial charge in [-0.3, -0.25) is 19.2 Å². The van der Waals surface area contributed by atoms with Gasteiger partial charge in [-0.05, 0) is 55.5 Å². The number of nitrogens with zero attached hydrogens (tertiary/aromatic N) is 3. The second-order valence-corrected chi connectivity index (χ2v) is 15.6. The molecule has 0 saturated carbocycles. The smallest absolute Gasteiger partial charge is 0.313 e. The van der Waals surface area contributed by atoms with Gasteiger partial charge in [0.05, 0.1) is 36.6 Å². The normalized spacial score (nSPS) is 26.7. The highest BCUT2D eigenvalue weighted by atomic mass is 79.9. The van der Waals surface area contributed by atoms with Gasteiger partial charge in [0, 0.05) is 35.6 Å². The Bertz CT molecular complexity index is 1620. The summed E-state index contributed by atoms with van der Waals surface area (Å²) in [5.41, 5.74) is -0.158. The third-order valence-corrected chi connectivity index (χ3v) is 11.7. The second-order valence-electron chi connectivity index (χ2n) is 14.0. The van der Waals surface area contributed by atoms with Gasteiger partial charge >= 0.3 is 5.97 Å². The van der Waals surface area contributed by atoms with Crippen LogP contribution in [0.3, 0.4) is 0 Å². The minimum absolute atomic E-state index is 0.126. The average molecular weight is 785 g/mol. The van der Waals surface area contributed by atoms with Gasteiger partial charge in [-0.15, -0.1) is 13.2 Å². The fourth-order valence-electron chi connectivity index (χ4n) is 7.94. The van der Waals surface area contributed by atoms with E-state index in [-0.39, 0.29) is 36.0 Å². The van der Waals surface area contributed by atoms with Gasteiger partial charge in [-0.2, -0.15) is 0 Å². The van der Waals surface area contributed by atoms with Gasteiger partial charge in [0.15, 0.2) is 0 Å². The van der Waals surface area contributed by atoms with E-state index in [0.29, 0.717) is 22.7 Å². The van der Waals surface area contributed by atoms with Crippen molar-refractivity contribution in [2.24, 2.45) is 17.8 Å². The lowest BCUT2D eigenvalue weighted by Gasteiger charge is -2.40. The van der Waals surface area contributed by atoms with Crippen molar-refractivity contribution in [2.75, 3.05) is 25.1 Å². The predicted octanol–water partition coefficient (Wildman–Crippen LogP) is 5.72. The van der Waals surface area contributed by atoms with E-state index in [0.717, 1.165) is 0 Å². The highest BCUT2D eigenvalue weighted by Gasteiger charge is 2.77. The zero-order valence-electron chi connectivity index (χ0n) is 29.5.